The summed E-state index contributed by atoms with van der Waals surface area (Å²) in [4.78, 5) is 3.69. The first-order valence-corrected chi connectivity index (χ1v) is 10.1. The van der Waals surface area contributed by atoms with E-state index in [0.717, 1.165) is 43.5 Å². The quantitative estimate of drug-likeness (QED) is 0.422. The molecule has 4 heteroatoms. The monoisotopic (exact) mass is 388 g/mol. The first-order valence-electron chi connectivity index (χ1n) is 9.35. The maximum atomic E-state index is 6.53. The predicted molar refractivity (Wildman–Crippen MR) is 114 cm³/mol. The van der Waals surface area contributed by atoms with Gasteiger partial charge in [-0.15, -0.1) is 0 Å². The molecule has 3 N–H and O–H groups in total. The van der Waals surface area contributed by atoms with Crippen LogP contribution in [-0.4, -0.2) is 11.5 Å². The zero-order chi connectivity index (χ0) is 18.7. The van der Waals surface area contributed by atoms with E-state index in [9.17, 15) is 0 Å². The van der Waals surface area contributed by atoms with Gasteiger partial charge in [-0.05, 0) is 67.5 Å². The highest BCUT2D eigenvalue weighted by molar-refractivity contribution is 6.36. The Bertz CT molecular complexity index is 899. The number of hydrogen-bond acceptors (Lipinski definition) is 1. The molecule has 0 saturated heterocycles. The lowest BCUT2D eigenvalue weighted by Gasteiger charge is -2.10. The van der Waals surface area contributed by atoms with Crippen LogP contribution in [0.4, 0.5) is 0 Å². The predicted octanol–water partition coefficient (Wildman–Crippen LogP) is 6.94. The number of unbranched alkanes of at least 4 members (excludes halogenated alkanes) is 1. The highest BCUT2D eigenvalue weighted by atomic mass is 35.5. The van der Waals surface area contributed by atoms with E-state index in [2.05, 4.69) is 37.0 Å². The maximum Gasteiger partial charge on any atom is 0.0514 e. The second-order valence-corrected chi connectivity index (χ2v) is 7.77. The minimum Gasteiger partial charge on any atom is -0.354 e. The Hall–Kier alpha value is -1.48. The molecule has 0 aliphatic carbocycles. The third kappa shape index (κ3) is 3.78. The molecule has 1 atom stereocenters. The number of nitrogens with two attached hydrogens (primary N) is 1. The fourth-order valence-corrected chi connectivity index (χ4v) is 4.06. The van der Waals surface area contributed by atoms with Crippen LogP contribution >= 0.6 is 23.2 Å². The number of aromatic nitrogens is 1. The van der Waals surface area contributed by atoms with Crippen molar-refractivity contribution < 1.29 is 0 Å². The van der Waals surface area contributed by atoms with Crippen LogP contribution in [0.1, 0.15) is 50.2 Å². The molecule has 0 bridgehead atoms. The van der Waals surface area contributed by atoms with Gasteiger partial charge in [0.05, 0.1) is 10.7 Å². The van der Waals surface area contributed by atoms with E-state index in [1.807, 2.05) is 18.2 Å². The second-order valence-electron chi connectivity index (χ2n) is 6.93. The van der Waals surface area contributed by atoms with Crippen molar-refractivity contribution in [3.05, 3.63) is 57.6 Å². The molecule has 0 aliphatic heterocycles. The molecule has 2 aromatic carbocycles. The molecule has 26 heavy (non-hydrogen) atoms. The number of aryl methyl sites for hydroxylation is 1. The molecule has 3 rings (SSSR count). The molecular formula is C22H26Cl2N2. The van der Waals surface area contributed by atoms with Gasteiger partial charge in [-0.25, -0.2) is 0 Å². The van der Waals surface area contributed by atoms with Gasteiger partial charge >= 0.3 is 0 Å². The number of halogens is 2. The lowest BCUT2D eigenvalue weighted by molar-refractivity contribution is 0.738. The van der Waals surface area contributed by atoms with Gasteiger partial charge in [0.25, 0.3) is 0 Å². The van der Waals surface area contributed by atoms with Crippen LogP contribution < -0.4 is 5.73 Å². The molecule has 1 heterocycles. The summed E-state index contributed by atoms with van der Waals surface area (Å²) < 4.78 is 0. The number of H-pyrrole nitrogens is 1. The van der Waals surface area contributed by atoms with Crippen LogP contribution in [0.3, 0.4) is 0 Å². The Morgan fingerprint density at radius 3 is 2.62 bits per heavy atom. The molecule has 0 aliphatic rings. The van der Waals surface area contributed by atoms with Crippen LogP contribution in [0.15, 0.2) is 36.4 Å². The minimum absolute atomic E-state index is 0.503. The maximum absolute atomic E-state index is 6.53. The van der Waals surface area contributed by atoms with Crippen molar-refractivity contribution in [3.8, 4) is 11.3 Å². The Labute approximate surface area is 165 Å². The first-order chi connectivity index (χ1) is 12.6. The SMILES string of the molecule is CCC(C)c1cccc2c(CCCCN)c(-c3ccc(Cl)cc3Cl)[nH]c12. The average Bonchev–Trinajstić information content (AvgIpc) is 3.00. The topological polar surface area (TPSA) is 41.8 Å². The fourth-order valence-electron chi connectivity index (χ4n) is 3.55. The highest BCUT2D eigenvalue weighted by Crippen LogP contribution is 2.39. The van der Waals surface area contributed by atoms with Gasteiger partial charge in [-0.3, -0.25) is 0 Å². The normalized spacial score (nSPS) is 12.7. The van der Waals surface area contributed by atoms with Gasteiger partial charge in [0, 0.05) is 21.5 Å². The van der Waals surface area contributed by atoms with Crippen LogP contribution in [0.5, 0.6) is 0 Å². The summed E-state index contributed by atoms with van der Waals surface area (Å²) in [5.41, 5.74) is 11.7. The molecule has 0 saturated carbocycles. The summed E-state index contributed by atoms with van der Waals surface area (Å²) in [7, 11) is 0. The summed E-state index contributed by atoms with van der Waals surface area (Å²) >= 11 is 12.6. The lowest BCUT2D eigenvalue weighted by atomic mass is 9.94. The van der Waals surface area contributed by atoms with Crippen LogP contribution in [0, 0.1) is 0 Å². The van der Waals surface area contributed by atoms with Gasteiger partial charge in [-0.1, -0.05) is 55.2 Å². The zero-order valence-corrected chi connectivity index (χ0v) is 16.9. The molecule has 0 spiro atoms. The summed E-state index contributed by atoms with van der Waals surface area (Å²) in [6.45, 7) is 5.22. The number of para-hydroxylation sites is 1. The number of fused-ring (bicyclic) bond motifs is 1. The molecule has 2 nitrogen and oxygen atoms in total. The number of aromatic amines is 1. The Kier molecular flexibility index (Phi) is 6.29. The first kappa shape index (κ1) is 19.3. The summed E-state index contributed by atoms with van der Waals surface area (Å²) in [6.07, 6.45) is 4.17. The van der Waals surface area contributed by atoms with Crippen molar-refractivity contribution in [2.24, 2.45) is 5.73 Å². The molecule has 138 valence electrons. The van der Waals surface area contributed by atoms with E-state index in [1.165, 1.54) is 22.0 Å². The molecule has 0 amide bonds. The molecule has 0 fully saturated rings. The van der Waals surface area contributed by atoms with E-state index in [0.29, 0.717) is 16.0 Å². The summed E-state index contributed by atoms with van der Waals surface area (Å²) in [5.74, 6) is 0.503. The highest BCUT2D eigenvalue weighted by Gasteiger charge is 2.18. The fraction of sp³-hybridized carbons (Fsp3) is 0.364. The number of benzene rings is 2. The zero-order valence-electron chi connectivity index (χ0n) is 15.4. The Morgan fingerprint density at radius 1 is 1.12 bits per heavy atom. The van der Waals surface area contributed by atoms with Gasteiger partial charge < -0.3 is 10.7 Å². The molecular weight excluding hydrogens is 363 g/mol. The largest absolute Gasteiger partial charge is 0.354 e. The second kappa shape index (κ2) is 8.47. The molecule has 1 aromatic heterocycles. The Morgan fingerprint density at radius 2 is 1.92 bits per heavy atom. The van der Waals surface area contributed by atoms with E-state index < -0.39 is 0 Å². The standard InChI is InChI=1S/C22H26Cl2N2/c1-3-14(2)16-8-6-9-18-17(7-4-5-12-25)22(26-21(16)18)19-11-10-15(23)13-20(19)24/h6,8-11,13-14,26H,3-5,7,12,25H2,1-2H3. The number of hydrogen-bond donors (Lipinski definition) is 2. The average molecular weight is 389 g/mol. The van der Waals surface area contributed by atoms with Crippen molar-refractivity contribution in [1.82, 2.24) is 4.98 Å². The van der Waals surface area contributed by atoms with Crippen molar-refractivity contribution in [2.75, 3.05) is 6.54 Å². The van der Waals surface area contributed by atoms with Crippen molar-refractivity contribution in [3.63, 3.8) is 0 Å². The number of rotatable bonds is 7. The molecule has 0 radical (unpaired) electrons. The van der Waals surface area contributed by atoms with Gasteiger partial charge in [-0.2, -0.15) is 0 Å². The van der Waals surface area contributed by atoms with E-state index in [4.69, 9.17) is 28.9 Å². The Balaban J connectivity index is 2.21. The van der Waals surface area contributed by atoms with E-state index in [1.54, 1.807) is 0 Å². The van der Waals surface area contributed by atoms with Crippen LogP contribution in [-0.2, 0) is 6.42 Å². The van der Waals surface area contributed by atoms with Crippen molar-refractivity contribution in [2.45, 2.75) is 45.4 Å². The van der Waals surface area contributed by atoms with Crippen LogP contribution in [0.25, 0.3) is 22.2 Å². The summed E-state index contributed by atoms with van der Waals surface area (Å²) in [5, 5.41) is 2.62. The molecule has 1 unspecified atom stereocenters. The molecule has 3 aromatic rings. The third-order valence-corrected chi connectivity index (χ3v) is 5.75. The van der Waals surface area contributed by atoms with Gasteiger partial charge in [0.1, 0.15) is 0 Å². The van der Waals surface area contributed by atoms with E-state index in [-0.39, 0.29) is 0 Å². The number of nitrogens with one attached hydrogen (secondary N) is 1. The van der Waals surface area contributed by atoms with E-state index >= 15 is 0 Å². The van der Waals surface area contributed by atoms with Gasteiger partial charge in [0.15, 0.2) is 0 Å². The third-order valence-electron chi connectivity index (χ3n) is 5.20. The van der Waals surface area contributed by atoms with Gasteiger partial charge in [0.2, 0.25) is 0 Å². The van der Waals surface area contributed by atoms with Crippen molar-refractivity contribution in [1.29, 1.82) is 0 Å². The summed E-state index contributed by atoms with van der Waals surface area (Å²) in [6, 6.07) is 12.3. The van der Waals surface area contributed by atoms with Crippen LogP contribution in [0.2, 0.25) is 10.0 Å². The smallest absolute Gasteiger partial charge is 0.0514 e. The van der Waals surface area contributed by atoms with Crippen molar-refractivity contribution >= 4 is 34.1 Å². The minimum atomic E-state index is 0.503. The lowest BCUT2D eigenvalue weighted by Crippen LogP contribution is -1.99.